The van der Waals surface area contributed by atoms with Crippen LogP contribution in [0.1, 0.15) is 6.92 Å². The van der Waals surface area contributed by atoms with Gasteiger partial charge in [0.25, 0.3) is 5.84 Å². The topological polar surface area (TPSA) is 26.3 Å². The van der Waals surface area contributed by atoms with Gasteiger partial charge in [0.15, 0.2) is 0 Å². The van der Waals surface area contributed by atoms with Gasteiger partial charge in [-0.2, -0.15) is 0 Å². The smallest absolute Gasteiger partial charge is 0.244 e. The van der Waals surface area contributed by atoms with Crippen LogP contribution in [0.4, 0.5) is 0 Å². The highest BCUT2D eigenvalue weighted by Gasteiger charge is 2.05. The molecule has 0 aromatic carbocycles. The molecular weight excluding hydrogens is 88.1 g/mol. The van der Waals surface area contributed by atoms with E-state index >= 15 is 0 Å². The Kier molecular flexibility index (Phi) is 0.785. The van der Waals surface area contributed by atoms with Crippen molar-refractivity contribution >= 4 is 12.1 Å². The zero-order chi connectivity index (χ0) is 5.28. The second kappa shape index (κ2) is 1.30. The van der Waals surface area contributed by atoms with Gasteiger partial charge >= 0.3 is 0 Å². The third-order valence-corrected chi connectivity index (χ3v) is 0.759. The van der Waals surface area contributed by atoms with Crippen LogP contribution >= 0.6 is 0 Å². The van der Waals surface area contributed by atoms with Crippen LogP contribution in [0.5, 0.6) is 0 Å². The summed E-state index contributed by atoms with van der Waals surface area (Å²) in [5, 5.41) is 0. The number of hydrogen-bond donors (Lipinski definition) is 1. The molecule has 2 heteroatoms. The molecule has 0 bridgehead atoms. The van der Waals surface area contributed by atoms with Crippen molar-refractivity contribution in [2.24, 2.45) is 4.99 Å². The number of amidine groups is 1. The van der Waals surface area contributed by atoms with E-state index in [1.165, 1.54) is 0 Å². The predicted molar refractivity (Wildman–Crippen MR) is 29.3 cm³/mol. The van der Waals surface area contributed by atoms with E-state index in [0.29, 0.717) is 0 Å². The fourth-order valence-electron chi connectivity index (χ4n) is 0.468. The van der Waals surface area contributed by atoms with Gasteiger partial charge in [-0.15, -0.1) is 0 Å². The van der Waals surface area contributed by atoms with Crippen molar-refractivity contribution in [1.29, 1.82) is 0 Å². The normalized spacial score (nSPS) is 17.9. The Morgan fingerprint density at radius 1 is 1.86 bits per heavy atom. The van der Waals surface area contributed by atoms with E-state index in [9.17, 15) is 0 Å². The monoisotopic (exact) mass is 95.1 g/mol. The van der Waals surface area contributed by atoms with Gasteiger partial charge < -0.3 is 0 Å². The van der Waals surface area contributed by atoms with Gasteiger partial charge in [-0.3, -0.25) is 0 Å². The van der Waals surface area contributed by atoms with Crippen molar-refractivity contribution < 1.29 is 4.99 Å². The fourth-order valence-corrected chi connectivity index (χ4v) is 0.468. The Balaban J connectivity index is 2.88. The lowest BCUT2D eigenvalue weighted by molar-refractivity contribution is -0.305. The maximum Gasteiger partial charge on any atom is 0.294 e. The minimum atomic E-state index is 0.803. The number of nitrogens with one attached hydrogen (secondary N) is 1. The summed E-state index contributed by atoms with van der Waals surface area (Å²) in [5.41, 5.74) is 0.803. The largest absolute Gasteiger partial charge is 0.294 e. The molecule has 2 nitrogen and oxygen atoms in total. The molecular formula is C5H7N2+. The van der Waals surface area contributed by atoms with Gasteiger partial charge in [0, 0.05) is 6.92 Å². The number of aliphatic imine (C=N–C) groups is 1. The first-order valence-corrected chi connectivity index (χ1v) is 2.13. The van der Waals surface area contributed by atoms with Gasteiger partial charge in [0.1, 0.15) is 6.21 Å². The van der Waals surface area contributed by atoms with Gasteiger partial charge in [-0.05, 0) is 11.6 Å². The summed E-state index contributed by atoms with van der Waals surface area (Å²) in [6.45, 7) is 5.50. The molecule has 36 valence electrons. The third-order valence-electron chi connectivity index (χ3n) is 0.759. The van der Waals surface area contributed by atoms with Crippen LogP contribution in [0.25, 0.3) is 0 Å². The maximum atomic E-state index is 3.94. The highest BCUT2D eigenvalue weighted by atomic mass is 15.0. The Morgan fingerprint density at radius 3 is 2.71 bits per heavy atom. The van der Waals surface area contributed by atoms with Gasteiger partial charge in [0.2, 0.25) is 5.70 Å². The summed E-state index contributed by atoms with van der Waals surface area (Å²) in [6, 6.07) is 0. The molecule has 0 radical (unpaired) electrons. The standard InChI is InChI=1S/C5H6N2/c1-4-3-6-5(2)7-4/h3H,1H2,2H3/p+1. The molecule has 0 spiro atoms. The zero-order valence-corrected chi connectivity index (χ0v) is 4.23. The highest BCUT2D eigenvalue weighted by Crippen LogP contribution is 1.85. The molecule has 0 fully saturated rings. The van der Waals surface area contributed by atoms with E-state index in [1.54, 1.807) is 6.21 Å². The lowest BCUT2D eigenvalue weighted by Crippen LogP contribution is -2.70. The van der Waals surface area contributed by atoms with Gasteiger partial charge in [-0.25, -0.2) is 4.99 Å². The molecule has 0 unspecified atom stereocenters. The number of hydrogen-bond acceptors (Lipinski definition) is 1. The van der Waals surface area contributed by atoms with E-state index in [2.05, 4.69) is 16.6 Å². The number of nitrogens with zero attached hydrogens (tertiary/aromatic N) is 1. The summed E-state index contributed by atoms with van der Waals surface area (Å²) in [6.07, 6.45) is 1.77. The molecule has 0 saturated carbocycles. The average molecular weight is 95.1 g/mol. The number of allylic oxidation sites excluding steroid dienone is 1. The Hall–Kier alpha value is -0.920. The van der Waals surface area contributed by atoms with Crippen molar-refractivity contribution in [2.75, 3.05) is 0 Å². The molecule has 7 heavy (non-hydrogen) atoms. The Morgan fingerprint density at radius 2 is 2.57 bits per heavy atom. The first-order chi connectivity index (χ1) is 3.29. The van der Waals surface area contributed by atoms with Crippen LogP contribution in [-0.2, 0) is 0 Å². The molecule has 1 rings (SSSR count). The molecule has 1 heterocycles. The van der Waals surface area contributed by atoms with E-state index in [1.807, 2.05) is 6.92 Å². The molecule has 0 aromatic heterocycles. The molecule has 1 N–H and O–H groups in total. The summed E-state index contributed by atoms with van der Waals surface area (Å²) < 4.78 is 0. The van der Waals surface area contributed by atoms with Crippen molar-refractivity contribution in [1.82, 2.24) is 0 Å². The summed E-state index contributed by atoms with van der Waals surface area (Å²) in [5.74, 6) is 0.921. The van der Waals surface area contributed by atoms with E-state index < -0.39 is 0 Å². The molecule has 1 aliphatic rings. The molecule has 0 saturated heterocycles. The quantitative estimate of drug-likeness (QED) is 0.403. The third kappa shape index (κ3) is 0.738. The van der Waals surface area contributed by atoms with Crippen LogP contribution in [0.15, 0.2) is 17.3 Å². The lowest BCUT2D eigenvalue weighted by atomic mass is 10.6. The van der Waals surface area contributed by atoms with Gasteiger partial charge in [-0.1, -0.05) is 0 Å². The van der Waals surface area contributed by atoms with Gasteiger partial charge in [0.05, 0.1) is 0 Å². The average Bonchev–Trinajstić information content (AvgIpc) is 1.87. The van der Waals surface area contributed by atoms with Crippen LogP contribution in [0, 0.1) is 0 Å². The lowest BCUT2D eigenvalue weighted by Gasteiger charge is -1.61. The van der Waals surface area contributed by atoms with Crippen LogP contribution in [-0.4, -0.2) is 12.1 Å². The predicted octanol–water partition coefficient (Wildman–Crippen LogP) is -0.916. The molecule has 0 aromatic rings. The van der Waals surface area contributed by atoms with Crippen LogP contribution < -0.4 is 4.99 Å². The molecule has 0 atom stereocenters. The molecule has 1 aliphatic heterocycles. The highest BCUT2D eigenvalue weighted by molar-refractivity contribution is 5.87. The first kappa shape index (κ1) is 4.24. The number of rotatable bonds is 0. The zero-order valence-electron chi connectivity index (χ0n) is 4.23. The SMILES string of the molecule is C=C1C=[NH+]C(C)=N1. The fraction of sp³-hybridized carbons (Fsp3) is 0.200. The van der Waals surface area contributed by atoms with Crippen molar-refractivity contribution in [3.05, 3.63) is 12.3 Å². The Labute approximate surface area is 42.3 Å². The minimum absolute atomic E-state index is 0.803. The van der Waals surface area contributed by atoms with Crippen molar-refractivity contribution in [3.8, 4) is 0 Å². The minimum Gasteiger partial charge on any atom is -0.244 e. The maximum absolute atomic E-state index is 3.94. The second-order valence-electron chi connectivity index (χ2n) is 1.48. The summed E-state index contributed by atoms with van der Waals surface area (Å²) in [7, 11) is 0. The van der Waals surface area contributed by atoms with E-state index in [4.69, 9.17) is 0 Å². The second-order valence-corrected chi connectivity index (χ2v) is 1.48. The van der Waals surface area contributed by atoms with E-state index in [-0.39, 0.29) is 0 Å². The first-order valence-electron chi connectivity index (χ1n) is 2.13. The van der Waals surface area contributed by atoms with Crippen LogP contribution in [0.2, 0.25) is 0 Å². The summed E-state index contributed by atoms with van der Waals surface area (Å²) >= 11 is 0. The van der Waals surface area contributed by atoms with Crippen LogP contribution in [0.3, 0.4) is 0 Å². The molecule has 0 amide bonds. The van der Waals surface area contributed by atoms with Crippen molar-refractivity contribution in [3.63, 3.8) is 0 Å². The molecule has 0 aliphatic carbocycles. The van der Waals surface area contributed by atoms with E-state index in [0.717, 1.165) is 11.5 Å². The van der Waals surface area contributed by atoms with Crippen molar-refractivity contribution in [2.45, 2.75) is 6.92 Å². The summed E-state index contributed by atoms with van der Waals surface area (Å²) in [4.78, 5) is 6.84. The Bertz CT molecular complexity index is 153.